The number of thioether (sulfide) groups is 1. The Kier molecular flexibility index (Phi) is 3.44. The monoisotopic (exact) mass is 129 g/mol. The van der Waals surface area contributed by atoms with Gasteiger partial charge in [-0.1, -0.05) is 13.2 Å². The molecule has 0 aliphatic heterocycles. The maximum absolute atomic E-state index is 3.76. The van der Waals surface area contributed by atoms with E-state index in [4.69, 9.17) is 0 Å². The molecule has 0 N–H and O–H groups in total. The lowest BCUT2D eigenvalue weighted by molar-refractivity contribution is 0.616. The van der Waals surface area contributed by atoms with Crippen LogP contribution in [0.15, 0.2) is 24.4 Å². The van der Waals surface area contributed by atoms with E-state index in [1.54, 1.807) is 18.0 Å². The summed E-state index contributed by atoms with van der Waals surface area (Å²) in [5.74, 6) is 0. The van der Waals surface area contributed by atoms with Crippen molar-refractivity contribution < 1.29 is 0 Å². The van der Waals surface area contributed by atoms with E-state index in [0.717, 1.165) is 5.03 Å². The summed E-state index contributed by atoms with van der Waals surface area (Å²) in [5, 5.41) is 1.01. The zero-order chi connectivity index (χ0) is 6.57. The predicted octanol–water partition coefficient (Wildman–Crippen LogP) is 1.90. The minimum Gasteiger partial charge on any atom is -0.347 e. The molecular weight excluding hydrogens is 118 g/mol. The third-order valence-electron chi connectivity index (χ3n) is 0.903. The standard InChI is InChI=1S/C6H11NS/c1-5-7(3)6(2)8-4/h5H,1-2H2,3-4H3. The van der Waals surface area contributed by atoms with Gasteiger partial charge in [0.2, 0.25) is 0 Å². The molecule has 0 aromatic rings. The van der Waals surface area contributed by atoms with Gasteiger partial charge in [-0.2, -0.15) is 0 Å². The second-order valence-corrected chi connectivity index (χ2v) is 2.27. The van der Waals surface area contributed by atoms with Crippen molar-refractivity contribution >= 4 is 11.8 Å². The van der Waals surface area contributed by atoms with E-state index in [2.05, 4.69) is 13.2 Å². The Morgan fingerprint density at radius 1 is 1.75 bits per heavy atom. The molecule has 2 heteroatoms. The summed E-state index contributed by atoms with van der Waals surface area (Å²) in [4.78, 5) is 1.88. The van der Waals surface area contributed by atoms with Crippen LogP contribution in [0.2, 0.25) is 0 Å². The average molecular weight is 129 g/mol. The van der Waals surface area contributed by atoms with E-state index >= 15 is 0 Å². The average Bonchev–Trinajstić information content (AvgIpc) is 1.84. The summed E-state index contributed by atoms with van der Waals surface area (Å²) in [5.41, 5.74) is 0. The van der Waals surface area contributed by atoms with Crippen LogP contribution in [0.3, 0.4) is 0 Å². The zero-order valence-electron chi connectivity index (χ0n) is 5.35. The molecule has 0 aromatic carbocycles. The smallest absolute Gasteiger partial charge is 0.0668 e. The number of hydrogen-bond donors (Lipinski definition) is 0. The van der Waals surface area contributed by atoms with Crippen molar-refractivity contribution in [2.24, 2.45) is 0 Å². The molecule has 0 unspecified atom stereocenters. The van der Waals surface area contributed by atoms with Crippen LogP contribution in [0.25, 0.3) is 0 Å². The van der Waals surface area contributed by atoms with Crippen molar-refractivity contribution in [1.29, 1.82) is 0 Å². The Bertz CT molecular complexity index is 98.7. The molecule has 0 spiro atoms. The highest BCUT2D eigenvalue weighted by atomic mass is 32.2. The first kappa shape index (κ1) is 7.63. The van der Waals surface area contributed by atoms with Crippen LogP contribution in [-0.4, -0.2) is 18.2 Å². The van der Waals surface area contributed by atoms with Crippen LogP contribution in [0.1, 0.15) is 0 Å². The fraction of sp³-hybridized carbons (Fsp3) is 0.333. The topological polar surface area (TPSA) is 3.24 Å². The molecule has 0 heterocycles. The van der Waals surface area contributed by atoms with Crippen LogP contribution < -0.4 is 0 Å². The predicted molar refractivity (Wildman–Crippen MR) is 40.6 cm³/mol. The molecule has 0 amide bonds. The molecule has 1 nitrogen and oxygen atoms in total. The van der Waals surface area contributed by atoms with Crippen molar-refractivity contribution in [3.63, 3.8) is 0 Å². The third kappa shape index (κ3) is 2.07. The number of nitrogens with zero attached hydrogens (tertiary/aromatic N) is 1. The molecule has 0 bridgehead atoms. The number of hydrogen-bond acceptors (Lipinski definition) is 2. The minimum absolute atomic E-state index is 1.01. The molecule has 46 valence electrons. The maximum atomic E-state index is 3.76. The largest absolute Gasteiger partial charge is 0.347 e. The Labute approximate surface area is 55.1 Å². The second kappa shape index (κ2) is 3.61. The summed E-state index contributed by atoms with van der Waals surface area (Å²) in [6.07, 6.45) is 3.72. The third-order valence-corrected chi connectivity index (χ3v) is 1.66. The van der Waals surface area contributed by atoms with Gasteiger partial charge in [-0.25, -0.2) is 0 Å². The SMILES string of the molecule is C=CN(C)C(=C)SC. The van der Waals surface area contributed by atoms with Gasteiger partial charge in [0.25, 0.3) is 0 Å². The van der Waals surface area contributed by atoms with Gasteiger partial charge in [0.15, 0.2) is 0 Å². The summed E-state index contributed by atoms with van der Waals surface area (Å²) in [7, 11) is 1.92. The van der Waals surface area contributed by atoms with Gasteiger partial charge < -0.3 is 4.90 Å². The zero-order valence-corrected chi connectivity index (χ0v) is 6.16. The number of rotatable bonds is 3. The van der Waals surface area contributed by atoms with Gasteiger partial charge in [-0.3, -0.25) is 0 Å². The van der Waals surface area contributed by atoms with Gasteiger partial charge in [0.05, 0.1) is 5.03 Å². The van der Waals surface area contributed by atoms with Crippen molar-refractivity contribution in [3.05, 3.63) is 24.4 Å². The summed E-state index contributed by atoms with van der Waals surface area (Å²) in [6.45, 7) is 7.34. The minimum atomic E-state index is 1.01. The second-order valence-electron chi connectivity index (χ2n) is 1.39. The molecule has 0 fully saturated rings. The highest BCUT2D eigenvalue weighted by Crippen LogP contribution is 2.11. The van der Waals surface area contributed by atoms with E-state index < -0.39 is 0 Å². The lowest BCUT2D eigenvalue weighted by atomic mass is 10.8. The molecule has 0 aromatic heterocycles. The molecule has 0 saturated carbocycles. The Morgan fingerprint density at radius 3 is 2.38 bits per heavy atom. The highest BCUT2D eigenvalue weighted by molar-refractivity contribution is 8.02. The first-order valence-corrected chi connectivity index (χ1v) is 3.53. The molecule has 0 rings (SSSR count). The summed E-state index contributed by atoms with van der Waals surface area (Å²) >= 11 is 1.62. The highest BCUT2D eigenvalue weighted by Gasteiger charge is 1.90. The molecular formula is C6H11NS. The van der Waals surface area contributed by atoms with Crippen LogP contribution in [0.4, 0.5) is 0 Å². The molecule has 0 atom stereocenters. The molecule has 0 aliphatic carbocycles. The van der Waals surface area contributed by atoms with Crippen LogP contribution in [-0.2, 0) is 0 Å². The van der Waals surface area contributed by atoms with E-state index in [0.29, 0.717) is 0 Å². The van der Waals surface area contributed by atoms with Crippen molar-refractivity contribution in [2.75, 3.05) is 13.3 Å². The van der Waals surface area contributed by atoms with E-state index in [1.165, 1.54) is 0 Å². The van der Waals surface area contributed by atoms with Crippen molar-refractivity contribution in [1.82, 2.24) is 4.90 Å². The maximum Gasteiger partial charge on any atom is 0.0668 e. The van der Waals surface area contributed by atoms with Crippen LogP contribution >= 0.6 is 11.8 Å². The fourth-order valence-electron chi connectivity index (χ4n) is 0.246. The van der Waals surface area contributed by atoms with Crippen LogP contribution in [0.5, 0.6) is 0 Å². The summed E-state index contributed by atoms with van der Waals surface area (Å²) in [6, 6.07) is 0. The Morgan fingerprint density at radius 2 is 2.25 bits per heavy atom. The van der Waals surface area contributed by atoms with Crippen LogP contribution in [0, 0.1) is 0 Å². The first-order valence-electron chi connectivity index (χ1n) is 2.30. The summed E-state index contributed by atoms with van der Waals surface area (Å²) < 4.78 is 0. The van der Waals surface area contributed by atoms with Gasteiger partial charge in [-0.05, 0) is 12.5 Å². The van der Waals surface area contributed by atoms with Crippen molar-refractivity contribution in [2.45, 2.75) is 0 Å². The quantitative estimate of drug-likeness (QED) is 0.572. The van der Waals surface area contributed by atoms with Gasteiger partial charge in [0.1, 0.15) is 0 Å². The van der Waals surface area contributed by atoms with E-state index in [-0.39, 0.29) is 0 Å². The molecule has 8 heavy (non-hydrogen) atoms. The Balaban J connectivity index is 3.62. The molecule has 0 saturated heterocycles. The van der Waals surface area contributed by atoms with Gasteiger partial charge in [-0.15, -0.1) is 11.8 Å². The van der Waals surface area contributed by atoms with Gasteiger partial charge >= 0.3 is 0 Å². The van der Waals surface area contributed by atoms with E-state index in [9.17, 15) is 0 Å². The first-order chi connectivity index (χ1) is 3.72. The normalized spacial score (nSPS) is 8.25. The fourth-order valence-corrected chi connectivity index (χ4v) is 0.608. The van der Waals surface area contributed by atoms with Crippen molar-refractivity contribution in [3.8, 4) is 0 Å². The lowest BCUT2D eigenvalue weighted by Gasteiger charge is -2.12. The molecule has 0 radical (unpaired) electrons. The van der Waals surface area contributed by atoms with Gasteiger partial charge in [0, 0.05) is 7.05 Å². The molecule has 0 aliphatic rings. The van der Waals surface area contributed by atoms with E-state index in [1.807, 2.05) is 18.2 Å². The Hall–Kier alpha value is -0.370. The lowest BCUT2D eigenvalue weighted by Crippen LogP contribution is -2.04.